The van der Waals surface area contributed by atoms with Gasteiger partial charge in [0.1, 0.15) is 5.82 Å². The fraction of sp³-hybridized carbons (Fsp3) is 0.455. The van der Waals surface area contributed by atoms with E-state index in [1.54, 1.807) is 13.8 Å². The first-order valence-electron chi connectivity index (χ1n) is 5.12. The van der Waals surface area contributed by atoms with Crippen LogP contribution in [0, 0.1) is 5.82 Å². The molecule has 0 bridgehead atoms. The molecule has 0 atom stereocenters. The van der Waals surface area contributed by atoms with Crippen LogP contribution in [0.3, 0.4) is 0 Å². The van der Waals surface area contributed by atoms with E-state index in [-0.39, 0.29) is 4.90 Å². The van der Waals surface area contributed by atoms with Crippen molar-refractivity contribution in [2.24, 2.45) is 0 Å². The van der Waals surface area contributed by atoms with Crippen LogP contribution in [0.1, 0.15) is 20.3 Å². The van der Waals surface area contributed by atoms with Crippen LogP contribution in [0.2, 0.25) is 0 Å². The monoisotopic (exact) mass is 323 g/mol. The average molecular weight is 324 g/mol. The molecule has 0 aromatic heterocycles. The minimum absolute atomic E-state index is 0.0709. The van der Waals surface area contributed by atoms with Crippen molar-refractivity contribution >= 4 is 26.0 Å². The van der Waals surface area contributed by atoms with E-state index in [1.807, 2.05) is 0 Å². The van der Waals surface area contributed by atoms with Gasteiger partial charge in [0.05, 0.1) is 4.90 Å². The van der Waals surface area contributed by atoms with Gasteiger partial charge in [0.15, 0.2) is 0 Å². The van der Waals surface area contributed by atoms with Crippen LogP contribution in [0.4, 0.5) is 4.39 Å². The largest absolute Gasteiger partial charge is 0.241 e. The van der Waals surface area contributed by atoms with E-state index in [1.165, 1.54) is 12.1 Å². The van der Waals surface area contributed by atoms with Gasteiger partial charge in [-0.3, -0.25) is 0 Å². The number of halogens is 2. The van der Waals surface area contributed by atoms with E-state index in [0.717, 1.165) is 12.1 Å². The summed E-state index contributed by atoms with van der Waals surface area (Å²) in [6.45, 7) is 3.60. The summed E-state index contributed by atoms with van der Waals surface area (Å²) in [6.07, 6.45) is 0.660. The molecular formula is C11H15BrFNO2S. The van der Waals surface area contributed by atoms with Gasteiger partial charge in [0.25, 0.3) is 0 Å². The van der Waals surface area contributed by atoms with Crippen molar-refractivity contribution in [3.8, 4) is 0 Å². The SMILES string of the molecule is CC(C)(CCBr)NS(=O)(=O)c1ccc(F)cc1. The summed E-state index contributed by atoms with van der Waals surface area (Å²) in [6, 6.07) is 4.77. The van der Waals surface area contributed by atoms with Crippen LogP contribution in [0.5, 0.6) is 0 Å². The van der Waals surface area contributed by atoms with Crippen LogP contribution in [0.15, 0.2) is 29.2 Å². The molecule has 0 aliphatic rings. The summed E-state index contributed by atoms with van der Waals surface area (Å²) < 4.78 is 39.3. The molecule has 0 spiro atoms. The molecule has 0 fully saturated rings. The smallest absolute Gasteiger partial charge is 0.207 e. The lowest BCUT2D eigenvalue weighted by atomic mass is 10.0. The van der Waals surface area contributed by atoms with Crippen molar-refractivity contribution < 1.29 is 12.8 Å². The molecule has 0 aliphatic carbocycles. The van der Waals surface area contributed by atoms with Gasteiger partial charge in [-0.25, -0.2) is 17.5 Å². The summed E-state index contributed by atoms with van der Waals surface area (Å²) in [5.41, 5.74) is -0.545. The van der Waals surface area contributed by atoms with Gasteiger partial charge in [-0.15, -0.1) is 0 Å². The highest BCUT2D eigenvalue weighted by Gasteiger charge is 2.25. The Morgan fingerprint density at radius 3 is 2.29 bits per heavy atom. The quantitative estimate of drug-likeness (QED) is 0.847. The summed E-state index contributed by atoms with van der Waals surface area (Å²) in [7, 11) is -3.59. The molecule has 0 amide bonds. The van der Waals surface area contributed by atoms with Crippen molar-refractivity contribution in [1.82, 2.24) is 4.72 Å². The normalized spacial score (nSPS) is 12.7. The molecule has 1 aromatic carbocycles. The molecule has 17 heavy (non-hydrogen) atoms. The van der Waals surface area contributed by atoms with E-state index in [0.29, 0.717) is 11.8 Å². The van der Waals surface area contributed by atoms with Crippen LogP contribution in [-0.2, 0) is 10.0 Å². The Balaban J connectivity index is 2.93. The number of nitrogens with one attached hydrogen (secondary N) is 1. The Morgan fingerprint density at radius 2 is 1.82 bits per heavy atom. The van der Waals surface area contributed by atoms with Crippen LogP contribution in [-0.4, -0.2) is 19.3 Å². The predicted octanol–water partition coefficient (Wildman–Crippen LogP) is 2.67. The van der Waals surface area contributed by atoms with Crippen LogP contribution in [0.25, 0.3) is 0 Å². The third-order valence-electron chi connectivity index (χ3n) is 2.25. The number of alkyl halides is 1. The molecule has 3 nitrogen and oxygen atoms in total. The number of sulfonamides is 1. The molecule has 0 saturated carbocycles. The summed E-state index contributed by atoms with van der Waals surface area (Å²) in [5.74, 6) is -0.455. The van der Waals surface area contributed by atoms with Gasteiger partial charge in [0, 0.05) is 10.9 Å². The van der Waals surface area contributed by atoms with Gasteiger partial charge in [-0.05, 0) is 44.5 Å². The van der Waals surface area contributed by atoms with E-state index in [9.17, 15) is 12.8 Å². The van der Waals surface area contributed by atoms with Gasteiger partial charge in [-0.1, -0.05) is 15.9 Å². The lowest BCUT2D eigenvalue weighted by Crippen LogP contribution is -2.43. The Hall–Kier alpha value is -0.460. The number of rotatable bonds is 5. The van der Waals surface area contributed by atoms with Crippen LogP contribution >= 0.6 is 15.9 Å². The summed E-state index contributed by atoms with van der Waals surface area (Å²) >= 11 is 3.27. The molecule has 0 heterocycles. The number of hydrogen-bond acceptors (Lipinski definition) is 2. The van der Waals surface area contributed by atoms with Gasteiger partial charge >= 0.3 is 0 Å². The van der Waals surface area contributed by atoms with Crippen LogP contribution < -0.4 is 4.72 Å². The molecule has 0 aliphatic heterocycles. The highest BCUT2D eigenvalue weighted by Crippen LogP contribution is 2.16. The molecule has 1 aromatic rings. The second-order valence-corrected chi connectivity index (χ2v) is 6.86. The van der Waals surface area contributed by atoms with E-state index in [2.05, 4.69) is 20.7 Å². The first-order valence-corrected chi connectivity index (χ1v) is 7.73. The maximum atomic E-state index is 12.7. The zero-order valence-corrected chi connectivity index (χ0v) is 12.1. The fourth-order valence-corrected chi connectivity index (χ4v) is 3.76. The minimum Gasteiger partial charge on any atom is -0.207 e. The Morgan fingerprint density at radius 1 is 1.29 bits per heavy atom. The van der Waals surface area contributed by atoms with Crippen molar-refractivity contribution in [2.75, 3.05) is 5.33 Å². The lowest BCUT2D eigenvalue weighted by molar-refractivity contribution is 0.443. The molecule has 0 radical (unpaired) electrons. The Bertz CT molecular complexity index is 471. The third kappa shape index (κ3) is 4.37. The first-order chi connectivity index (χ1) is 7.77. The molecule has 0 unspecified atom stereocenters. The topological polar surface area (TPSA) is 46.2 Å². The van der Waals surface area contributed by atoms with Gasteiger partial charge in [-0.2, -0.15) is 0 Å². The van der Waals surface area contributed by atoms with Crippen molar-refractivity contribution in [2.45, 2.75) is 30.7 Å². The summed E-state index contributed by atoms with van der Waals surface area (Å²) in [4.78, 5) is 0.0709. The molecule has 6 heteroatoms. The standard InChI is InChI=1S/C11H15BrFNO2S/c1-11(2,7-8-12)14-17(15,16)10-5-3-9(13)4-6-10/h3-6,14H,7-8H2,1-2H3. The van der Waals surface area contributed by atoms with Gasteiger partial charge in [0.2, 0.25) is 10.0 Å². The number of benzene rings is 1. The molecule has 1 rings (SSSR count). The second-order valence-electron chi connectivity index (χ2n) is 4.38. The maximum absolute atomic E-state index is 12.7. The predicted molar refractivity (Wildman–Crippen MR) is 69.2 cm³/mol. The third-order valence-corrected chi connectivity index (χ3v) is 4.36. The zero-order chi connectivity index (χ0) is 13.1. The van der Waals surface area contributed by atoms with Gasteiger partial charge < -0.3 is 0 Å². The molecule has 1 N–H and O–H groups in total. The minimum atomic E-state index is -3.59. The fourth-order valence-electron chi connectivity index (χ4n) is 1.32. The Labute approximate surface area is 110 Å². The van der Waals surface area contributed by atoms with Crippen molar-refractivity contribution in [3.05, 3.63) is 30.1 Å². The average Bonchev–Trinajstić information content (AvgIpc) is 2.16. The van der Waals surface area contributed by atoms with Crippen molar-refractivity contribution in [1.29, 1.82) is 0 Å². The van der Waals surface area contributed by atoms with E-state index >= 15 is 0 Å². The first kappa shape index (κ1) is 14.6. The highest BCUT2D eigenvalue weighted by molar-refractivity contribution is 9.09. The lowest BCUT2D eigenvalue weighted by Gasteiger charge is -2.25. The summed E-state index contributed by atoms with van der Waals surface area (Å²) in [5, 5.41) is 0.700. The molecule has 0 saturated heterocycles. The molecule has 96 valence electrons. The molecular weight excluding hydrogens is 309 g/mol. The van der Waals surface area contributed by atoms with Crippen molar-refractivity contribution in [3.63, 3.8) is 0 Å². The maximum Gasteiger partial charge on any atom is 0.241 e. The number of hydrogen-bond donors (Lipinski definition) is 1. The van der Waals surface area contributed by atoms with E-state index in [4.69, 9.17) is 0 Å². The Kier molecular flexibility index (Phi) is 4.69. The second kappa shape index (κ2) is 5.46. The zero-order valence-electron chi connectivity index (χ0n) is 9.70. The van der Waals surface area contributed by atoms with E-state index < -0.39 is 21.4 Å². The highest BCUT2D eigenvalue weighted by atomic mass is 79.9.